The molecule has 10 nitrogen and oxygen atoms in total. The summed E-state index contributed by atoms with van der Waals surface area (Å²) in [5, 5.41) is 11.1. The number of ether oxygens (including phenoxy) is 1. The fourth-order valence-corrected chi connectivity index (χ4v) is 3.60. The van der Waals surface area contributed by atoms with Crippen LogP contribution in [0.4, 0.5) is 11.4 Å². The monoisotopic (exact) mass is 404 g/mol. The first-order valence-electron chi connectivity index (χ1n) is 9.60. The number of carbonyl (C=O) groups is 3. The smallest absolute Gasteiger partial charge is 0.341 e. The van der Waals surface area contributed by atoms with E-state index in [4.69, 9.17) is 4.74 Å². The number of nitrogens with zero attached hydrogens (tertiary/aromatic N) is 4. The largest absolute Gasteiger partial charge is 0.452 e. The van der Waals surface area contributed by atoms with Gasteiger partial charge in [0.25, 0.3) is 11.6 Å². The second kappa shape index (κ2) is 8.89. The lowest BCUT2D eigenvalue weighted by Gasteiger charge is -2.34. The Bertz CT molecular complexity index is 813. The number of esters is 1. The molecule has 0 N–H and O–H groups in total. The van der Waals surface area contributed by atoms with Gasteiger partial charge in [-0.15, -0.1) is 0 Å². The number of carbonyl (C=O) groups excluding carboxylic acids is 3. The Labute approximate surface area is 168 Å². The Hall–Kier alpha value is -3.17. The highest BCUT2D eigenvalue weighted by Gasteiger charge is 2.26. The number of hydrogen-bond donors (Lipinski definition) is 0. The van der Waals surface area contributed by atoms with Crippen molar-refractivity contribution in [3.63, 3.8) is 0 Å². The topological polar surface area (TPSA) is 113 Å². The van der Waals surface area contributed by atoms with E-state index in [1.54, 1.807) is 15.9 Å². The van der Waals surface area contributed by atoms with Crippen LogP contribution < -0.4 is 4.90 Å². The van der Waals surface area contributed by atoms with Crippen molar-refractivity contribution in [2.45, 2.75) is 19.8 Å². The third-order valence-corrected chi connectivity index (χ3v) is 5.26. The van der Waals surface area contributed by atoms with Gasteiger partial charge in [0.2, 0.25) is 5.91 Å². The maximum atomic E-state index is 12.6. The third-order valence-electron chi connectivity index (χ3n) is 5.26. The Morgan fingerprint density at radius 3 is 2.24 bits per heavy atom. The fraction of sp³-hybridized carbons (Fsp3) is 0.526. The number of nitro benzene ring substituents is 1. The van der Waals surface area contributed by atoms with Crippen molar-refractivity contribution < 1.29 is 24.0 Å². The highest BCUT2D eigenvalue weighted by molar-refractivity contribution is 5.97. The molecular formula is C19H24N4O6. The molecule has 2 aliphatic heterocycles. The highest BCUT2D eigenvalue weighted by Crippen LogP contribution is 2.29. The first-order valence-corrected chi connectivity index (χ1v) is 9.60. The summed E-state index contributed by atoms with van der Waals surface area (Å²) >= 11 is 0. The van der Waals surface area contributed by atoms with Crippen LogP contribution in [0.1, 0.15) is 30.1 Å². The minimum atomic E-state index is -0.758. The lowest BCUT2D eigenvalue weighted by Crippen LogP contribution is -2.51. The quantitative estimate of drug-likeness (QED) is 0.409. The molecule has 0 bridgehead atoms. The number of rotatable bonds is 5. The van der Waals surface area contributed by atoms with Crippen LogP contribution >= 0.6 is 0 Å². The number of nitro groups is 1. The second-order valence-corrected chi connectivity index (χ2v) is 7.12. The van der Waals surface area contributed by atoms with Gasteiger partial charge in [0.1, 0.15) is 0 Å². The molecule has 0 atom stereocenters. The summed E-state index contributed by atoms with van der Waals surface area (Å²) < 4.78 is 5.19. The molecule has 2 heterocycles. The maximum Gasteiger partial charge on any atom is 0.341 e. The Kier molecular flexibility index (Phi) is 6.30. The van der Waals surface area contributed by atoms with E-state index in [0.717, 1.165) is 25.9 Å². The number of benzene rings is 1. The molecule has 0 aromatic heterocycles. The lowest BCUT2D eigenvalue weighted by molar-refractivity contribution is -0.384. The number of piperazine rings is 1. The van der Waals surface area contributed by atoms with Gasteiger partial charge in [0, 0.05) is 58.3 Å². The van der Waals surface area contributed by atoms with Crippen LogP contribution in [0, 0.1) is 10.1 Å². The molecule has 2 fully saturated rings. The first kappa shape index (κ1) is 20.6. The molecule has 3 rings (SSSR count). The Morgan fingerprint density at radius 1 is 1.03 bits per heavy atom. The van der Waals surface area contributed by atoms with Crippen LogP contribution in [0.2, 0.25) is 0 Å². The van der Waals surface area contributed by atoms with Gasteiger partial charge in [-0.25, -0.2) is 4.79 Å². The van der Waals surface area contributed by atoms with Crippen molar-refractivity contribution in [1.29, 1.82) is 0 Å². The zero-order valence-corrected chi connectivity index (χ0v) is 16.3. The molecule has 1 aromatic rings. The molecule has 0 radical (unpaired) electrons. The third kappa shape index (κ3) is 4.82. The number of anilines is 1. The van der Waals surface area contributed by atoms with Crippen molar-refractivity contribution in [1.82, 2.24) is 9.80 Å². The molecular weight excluding hydrogens is 380 g/mol. The van der Waals surface area contributed by atoms with Crippen LogP contribution in [0.25, 0.3) is 0 Å². The number of hydrogen-bond acceptors (Lipinski definition) is 7. The molecule has 2 saturated heterocycles. The van der Waals surface area contributed by atoms with Crippen LogP contribution in [0.5, 0.6) is 0 Å². The van der Waals surface area contributed by atoms with Crippen molar-refractivity contribution in [2.24, 2.45) is 0 Å². The normalized spacial score (nSPS) is 16.7. The molecule has 29 heavy (non-hydrogen) atoms. The van der Waals surface area contributed by atoms with E-state index < -0.39 is 17.5 Å². The molecule has 2 aliphatic rings. The van der Waals surface area contributed by atoms with E-state index in [2.05, 4.69) is 0 Å². The van der Waals surface area contributed by atoms with Gasteiger partial charge in [0.15, 0.2) is 6.61 Å². The summed E-state index contributed by atoms with van der Waals surface area (Å²) in [6.07, 6.45) is 1.96. The zero-order valence-electron chi connectivity index (χ0n) is 16.3. The summed E-state index contributed by atoms with van der Waals surface area (Å²) in [4.78, 5) is 52.1. The molecule has 0 spiro atoms. The van der Waals surface area contributed by atoms with Gasteiger partial charge in [0.05, 0.1) is 16.2 Å². The Balaban J connectivity index is 1.65. The van der Waals surface area contributed by atoms with E-state index in [9.17, 15) is 24.5 Å². The summed E-state index contributed by atoms with van der Waals surface area (Å²) in [5.74, 6) is -1.15. The van der Waals surface area contributed by atoms with E-state index >= 15 is 0 Å². The van der Waals surface area contributed by atoms with Gasteiger partial charge in [-0.2, -0.15) is 0 Å². The van der Waals surface area contributed by atoms with Gasteiger partial charge >= 0.3 is 5.97 Å². The van der Waals surface area contributed by atoms with E-state index in [0.29, 0.717) is 31.9 Å². The summed E-state index contributed by atoms with van der Waals surface area (Å²) in [7, 11) is 0. The van der Waals surface area contributed by atoms with Gasteiger partial charge in [-0.1, -0.05) is 0 Å². The zero-order chi connectivity index (χ0) is 21.0. The van der Waals surface area contributed by atoms with Crippen LogP contribution in [0.15, 0.2) is 18.2 Å². The second-order valence-electron chi connectivity index (χ2n) is 7.12. The average molecular weight is 404 g/mol. The molecule has 0 saturated carbocycles. The molecule has 10 heteroatoms. The summed E-state index contributed by atoms with van der Waals surface area (Å²) in [5.41, 5.74) is 0.475. The summed E-state index contributed by atoms with van der Waals surface area (Å²) in [6.45, 7) is 4.21. The number of non-ortho nitro benzene ring substituents is 1. The minimum absolute atomic E-state index is 0.0383. The minimum Gasteiger partial charge on any atom is -0.452 e. The summed E-state index contributed by atoms with van der Waals surface area (Å²) in [6, 6.07) is 4.12. The predicted octanol–water partition coefficient (Wildman–Crippen LogP) is 1.04. The molecule has 1 aromatic carbocycles. The molecule has 156 valence electrons. The van der Waals surface area contributed by atoms with Crippen LogP contribution in [-0.2, 0) is 14.3 Å². The van der Waals surface area contributed by atoms with Crippen molar-refractivity contribution >= 4 is 29.2 Å². The SMILES string of the molecule is CC(=O)N1CCN(C(=O)COC(=O)c2cc([N+](=O)[O-])ccc2N2CCCC2)CC1. The van der Waals surface area contributed by atoms with Crippen molar-refractivity contribution in [2.75, 3.05) is 50.8 Å². The van der Waals surface area contributed by atoms with E-state index in [1.165, 1.54) is 19.1 Å². The van der Waals surface area contributed by atoms with Crippen LogP contribution in [0.3, 0.4) is 0 Å². The van der Waals surface area contributed by atoms with Gasteiger partial charge in [-0.3, -0.25) is 19.7 Å². The predicted molar refractivity (Wildman–Crippen MR) is 104 cm³/mol. The average Bonchev–Trinajstić information content (AvgIpc) is 3.26. The number of amides is 2. The first-order chi connectivity index (χ1) is 13.9. The van der Waals surface area contributed by atoms with E-state index in [1.807, 2.05) is 4.90 Å². The van der Waals surface area contributed by atoms with Crippen LogP contribution in [-0.4, -0.2) is 78.4 Å². The lowest BCUT2D eigenvalue weighted by atomic mass is 10.1. The highest BCUT2D eigenvalue weighted by atomic mass is 16.6. The molecule has 2 amide bonds. The standard InChI is InChI=1S/C19H24N4O6/c1-14(24)20-8-10-22(11-9-20)18(25)13-29-19(26)16-12-15(23(27)28)4-5-17(16)21-6-2-3-7-21/h4-5,12H,2-3,6-11,13H2,1H3. The fourth-order valence-electron chi connectivity index (χ4n) is 3.60. The van der Waals surface area contributed by atoms with E-state index in [-0.39, 0.29) is 23.1 Å². The Morgan fingerprint density at radius 2 is 1.66 bits per heavy atom. The van der Waals surface area contributed by atoms with Crippen molar-refractivity contribution in [3.05, 3.63) is 33.9 Å². The van der Waals surface area contributed by atoms with Gasteiger partial charge in [-0.05, 0) is 18.9 Å². The van der Waals surface area contributed by atoms with Gasteiger partial charge < -0.3 is 19.4 Å². The van der Waals surface area contributed by atoms with Crippen molar-refractivity contribution in [3.8, 4) is 0 Å². The maximum absolute atomic E-state index is 12.6. The molecule has 0 aliphatic carbocycles. The molecule has 0 unspecified atom stereocenters.